The molecule has 0 saturated carbocycles. The fourth-order valence-corrected chi connectivity index (χ4v) is 1.53. The maximum absolute atomic E-state index is 5.76. The lowest BCUT2D eigenvalue weighted by Crippen LogP contribution is -2.27. The van der Waals surface area contributed by atoms with E-state index in [0.717, 1.165) is 6.42 Å². The lowest BCUT2D eigenvalue weighted by Gasteiger charge is -2.14. The van der Waals surface area contributed by atoms with Gasteiger partial charge in [-0.05, 0) is 0 Å². The summed E-state index contributed by atoms with van der Waals surface area (Å²) in [7, 11) is 3.29. The van der Waals surface area contributed by atoms with Crippen LogP contribution in [-0.4, -0.2) is 38.6 Å². The zero-order valence-electron chi connectivity index (χ0n) is 6.75. The smallest absolute Gasteiger partial charge is 0.134 e. The first-order chi connectivity index (χ1) is 5.27. The lowest BCUT2D eigenvalue weighted by molar-refractivity contribution is -0.0314. The molecule has 0 N–H and O–H groups in total. The molecule has 1 heterocycles. The van der Waals surface area contributed by atoms with E-state index in [1.165, 1.54) is 0 Å². The first-order valence-electron chi connectivity index (χ1n) is 3.59. The number of halogens is 1. The molecule has 0 spiro atoms. The Hall–Kier alpha value is 0.170. The molecular formula is C7H13ClO3. The second-order valence-electron chi connectivity index (χ2n) is 2.55. The molecule has 66 valence electrons. The molecule has 0 bridgehead atoms. The number of ether oxygens (including phenoxy) is 3. The minimum atomic E-state index is -0.222. The van der Waals surface area contributed by atoms with Crippen LogP contribution in [0.4, 0.5) is 0 Å². The van der Waals surface area contributed by atoms with Crippen molar-refractivity contribution in [2.45, 2.75) is 24.2 Å². The van der Waals surface area contributed by atoms with Crippen molar-refractivity contribution >= 4 is 11.6 Å². The third-order valence-corrected chi connectivity index (χ3v) is 2.07. The van der Waals surface area contributed by atoms with Crippen LogP contribution in [0.5, 0.6) is 0 Å². The molecule has 3 atom stereocenters. The Morgan fingerprint density at radius 2 is 2.27 bits per heavy atom. The lowest BCUT2D eigenvalue weighted by atomic mass is 10.2. The van der Waals surface area contributed by atoms with Gasteiger partial charge in [0.15, 0.2) is 0 Å². The van der Waals surface area contributed by atoms with Gasteiger partial charge in [-0.15, -0.1) is 0 Å². The van der Waals surface area contributed by atoms with Gasteiger partial charge < -0.3 is 14.2 Å². The zero-order valence-corrected chi connectivity index (χ0v) is 7.50. The van der Waals surface area contributed by atoms with Crippen LogP contribution in [0, 0.1) is 0 Å². The third kappa shape index (κ3) is 2.30. The molecule has 0 unspecified atom stereocenters. The summed E-state index contributed by atoms with van der Waals surface area (Å²) in [4.78, 5) is 0. The number of methoxy groups -OCH3 is 2. The molecule has 11 heavy (non-hydrogen) atoms. The zero-order chi connectivity index (χ0) is 8.27. The maximum atomic E-state index is 5.76. The summed E-state index contributed by atoms with van der Waals surface area (Å²) in [6.45, 7) is 0.543. The van der Waals surface area contributed by atoms with Crippen LogP contribution < -0.4 is 0 Å². The van der Waals surface area contributed by atoms with Crippen LogP contribution in [-0.2, 0) is 14.2 Å². The summed E-state index contributed by atoms with van der Waals surface area (Å²) < 4.78 is 15.4. The quantitative estimate of drug-likeness (QED) is 0.607. The van der Waals surface area contributed by atoms with Crippen molar-refractivity contribution in [1.82, 2.24) is 0 Å². The first-order valence-corrected chi connectivity index (χ1v) is 4.03. The summed E-state index contributed by atoms with van der Waals surface area (Å²) in [6, 6.07) is 0. The van der Waals surface area contributed by atoms with Crippen LogP contribution in [0.15, 0.2) is 0 Å². The fraction of sp³-hybridized carbons (Fsp3) is 1.00. The maximum Gasteiger partial charge on any atom is 0.134 e. The number of rotatable bonds is 3. The highest BCUT2D eigenvalue weighted by Crippen LogP contribution is 2.25. The molecule has 0 aliphatic carbocycles. The minimum absolute atomic E-state index is 0.00694. The molecule has 0 aromatic carbocycles. The molecule has 1 saturated heterocycles. The Morgan fingerprint density at radius 1 is 1.55 bits per heavy atom. The van der Waals surface area contributed by atoms with E-state index in [2.05, 4.69) is 0 Å². The van der Waals surface area contributed by atoms with Gasteiger partial charge >= 0.3 is 0 Å². The Kier molecular flexibility index (Phi) is 3.59. The van der Waals surface area contributed by atoms with Gasteiger partial charge in [-0.25, -0.2) is 0 Å². The SMILES string of the molecule is COC[C@H]1O[C@@H](Cl)C[C@H]1OC. The standard InChI is InChI=1S/C7H13ClO3/c1-9-4-6-5(10-2)3-7(8)11-6/h5-7H,3-4H2,1-2H3/t5-,6-,7-/m1/s1. The highest BCUT2D eigenvalue weighted by atomic mass is 35.5. The van der Waals surface area contributed by atoms with E-state index in [9.17, 15) is 0 Å². The summed E-state index contributed by atoms with van der Waals surface area (Å²) in [5, 5.41) is 0. The molecule has 3 nitrogen and oxygen atoms in total. The molecule has 1 aliphatic rings. The molecule has 0 radical (unpaired) electrons. The molecule has 1 fully saturated rings. The van der Waals surface area contributed by atoms with Crippen molar-refractivity contribution in [2.24, 2.45) is 0 Å². The van der Waals surface area contributed by atoms with E-state index < -0.39 is 0 Å². The summed E-state index contributed by atoms with van der Waals surface area (Å²) >= 11 is 5.76. The molecule has 4 heteroatoms. The monoisotopic (exact) mass is 180 g/mol. The Bertz CT molecular complexity index is 120. The molecule has 1 rings (SSSR count). The van der Waals surface area contributed by atoms with Gasteiger partial charge in [-0.1, -0.05) is 11.6 Å². The van der Waals surface area contributed by atoms with E-state index in [1.807, 2.05) is 0 Å². The van der Waals surface area contributed by atoms with Gasteiger partial charge in [0.05, 0.1) is 12.7 Å². The van der Waals surface area contributed by atoms with Crippen LogP contribution in [0.3, 0.4) is 0 Å². The number of hydrogen-bond donors (Lipinski definition) is 0. The van der Waals surface area contributed by atoms with Gasteiger partial charge in [0.2, 0.25) is 0 Å². The van der Waals surface area contributed by atoms with Crippen LogP contribution in [0.2, 0.25) is 0 Å². The molecule has 1 aliphatic heterocycles. The van der Waals surface area contributed by atoms with Gasteiger partial charge in [0, 0.05) is 20.6 Å². The summed E-state index contributed by atoms with van der Waals surface area (Å²) in [5.74, 6) is 0. The third-order valence-electron chi connectivity index (χ3n) is 1.79. The molecule has 0 aromatic rings. The number of hydrogen-bond acceptors (Lipinski definition) is 3. The van der Waals surface area contributed by atoms with Gasteiger partial charge in [0.1, 0.15) is 11.7 Å². The van der Waals surface area contributed by atoms with Gasteiger partial charge in [-0.2, -0.15) is 0 Å². The van der Waals surface area contributed by atoms with Crippen LogP contribution in [0.1, 0.15) is 6.42 Å². The molecule has 0 amide bonds. The highest BCUT2D eigenvalue weighted by Gasteiger charge is 2.33. The predicted molar refractivity (Wildman–Crippen MR) is 41.8 cm³/mol. The Morgan fingerprint density at radius 3 is 2.82 bits per heavy atom. The minimum Gasteiger partial charge on any atom is -0.382 e. The van der Waals surface area contributed by atoms with Crippen molar-refractivity contribution in [1.29, 1.82) is 0 Å². The van der Waals surface area contributed by atoms with Gasteiger partial charge in [0.25, 0.3) is 0 Å². The Balaban J connectivity index is 2.37. The van der Waals surface area contributed by atoms with Crippen molar-refractivity contribution in [3.05, 3.63) is 0 Å². The summed E-state index contributed by atoms with van der Waals surface area (Å²) in [5.41, 5.74) is -0.222. The van der Waals surface area contributed by atoms with E-state index in [4.69, 9.17) is 25.8 Å². The normalized spacial score (nSPS) is 37.9. The van der Waals surface area contributed by atoms with E-state index in [0.29, 0.717) is 6.61 Å². The second-order valence-corrected chi connectivity index (χ2v) is 3.04. The van der Waals surface area contributed by atoms with E-state index >= 15 is 0 Å². The second kappa shape index (κ2) is 4.26. The van der Waals surface area contributed by atoms with E-state index in [-0.39, 0.29) is 17.8 Å². The topological polar surface area (TPSA) is 27.7 Å². The van der Waals surface area contributed by atoms with Crippen LogP contribution in [0.25, 0.3) is 0 Å². The van der Waals surface area contributed by atoms with Crippen molar-refractivity contribution in [3.8, 4) is 0 Å². The van der Waals surface area contributed by atoms with Crippen molar-refractivity contribution in [2.75, 3.05) is 20.8 Å². The fourth-order valence-electron chi connectivity index (χ4n) is 1.23. The molecule has 0 aromatic heterocycles. The average molecular weight is 181 g/mol. The number of alkyl halides is 1. The summed E-state index contributed by atoms with van der Waals surface area (Å²) in [6.07, 6.45) is 0.816. The Labute approximate surface area is 71.6 Å². The van der Waals surface area contributed by atoms with Crippen molar-refractivity contribution < 1.29 is 14.2 Å². The average Bonchev–Trinajstić information content (AvgIpc) is 2.32. The largest absolute Gasteiger partial charge is 0.382 e. The van der Waals surface area contributed by atoms with E-state index in [1.54, 1.807) is 14.2 Å². The first kappa shape index (κ1) is 9.26. The molecular weight excluding hydrogens is 168 g/mol. The van der Waals surface area contributed by atoms with Gasteiger partial charge in [-0.3, -0.25) is 0 Å². The highest BCUT2D eigenvalue weighted by molar-refractivity contribution is 6.19. The van der Waals surface area contributed by atoms with Crippen LogP contribution >= 0.6 is 11.6 Å². The van der Waals surface area contributed by atoms with Crippen molar-refractivity contribution in [3.63, 3.8) is 0 Å². The predicted octanol–water partition coefficient (Wildman–Crippen LogP) is 1.00.